The number of methoxy groups -OCH3 is 2. The van der Waals surface area contributed by atoms with Crippen LogP contribution in [0.3, 0.4) is 0 Å². The lowest BCUT2D eigenvalue weighted by atomic mass is 10.1. The number of hydrogen-bond acceptors (Lipinski definition) is 6. The third-order valence-corrected chi connectivity index (χ3v) is 4.55. The lowest BCUT2D eigenvalue weighted by molar-refractivity contribution is -0.143. The first-order valence-corrected chi connectivity index (χ1v) is 9.65. The van der Waals surface area contributed by atoms with Crippen molar-refractivity contribution in [1.82, 2.24) is 9.78 Å². The number of anilines is 1. The molecule has 0 aliphatic carbocycles. The molecule has 0 saturated carbocycles. The topological polar surface area (TPSA) is 91.7 Å². The van der Waals surface area contributed by atoms with Crippen LogP contribution in [0.2, 0.25) is 0 Å². The van der Waals surface area contributed by atoms with E-state index in [1.165, 1.54) is 51.5 Å². The molecule has 0 aliphatic heterocycles. The molecule has 0 aliphatic rings. The molecule has 1 N–H and O–H groups in total. The van der Waals surface area contributed by atoms with Crippen LogP contribution >= 0.6 is 0 Å². The normalized spacial score (nSPS) is 11.1. The van der Waals surface area contributed by atoms with Crippen LogP contribution in [0.15, 0.2) is 48.7 Å². The van der Waals surface area contributed by atoms with Crippen molar-refractivity contribution in [3.8, 4) is 17.2 Å². The van der Waals surface area contributed by atoms with Gasteiger partial charge in [0.25, 0.3) is 5.91 Å². The van der Waals surface area contributed by atoms with Gasteiger partial charge in [-0.1, -0.05) is 0 Å². The Morgan fingerprint density at radius 2 is 1.70 bits per heavy atom. The smallest absolute Gasteiger partial charge is 0.434 e. The fourth-order valence-electron chi connectivity index (χ4n) is 3.04. The van der Waals surface area contributed by atoms with E-state index in [9.17, 15) is 22.8 Å². The number of aromatic nitrogens is 2. The number of halogens is 3. The van der Waals surface area contributed by atoms with Gasteiger partial charge in [0.05, 0.1) is 32.7 Å². The zero-order chi connectivity index (χ0) is 24.2. The highest BCUT2D eigenvalue weighted by atomic mass is 19.4. The molecule has 0 atom stereocenters. The highest BCUT2D eigenvalue weighted by Gasteiger charge is 2.41. The van der Waals surface area contributed by atoms with Gasteiger partial charge in [-0.2, -0.15) is 18.3 Å². The number of amides is 1. The minimum Gasteiger partial charge on any atom is -0.493 e. The lowest BCUT2D eigenvalue weighted by Crippen LogP contribution is -2.18. The first-order valence-electron chi connectivity index (χ1n) is 9.65. The van der Waals surface area contributed by atoms with E-state index in [1.54, 1.807) is 12.1 Å². The largest absolute Gasteiger partial charge is 0.493 e. The van der Waals surface area contributed by atoms with Crippen molar-refractivity contribution in [2.45, 2.75) is 13.1 Å². The number of rotatable bonds is 7. The van der Waals surface area contributed by atoms with Crippen LogP contribution in [0.4, 0.5) is 18.9 Å². The minimum absolute atomic E-state index is 0.0435. The third kappa shape index (κ3) is 5.08. The number of hydrogen-bond donors (Lipinski definition) is 1. The summed E-state index contributed by atoms with van der Waals surface area (Å²) in [7, 11) is 2.91. The molecule has 1 aromatic heterocycles. The van der Waals surface area contributed by atoms with Gasteiger partial charge in [0, 0.05) is 11.3 Å². The minimum atomic E-state index is -4.85. The number of carbonyl (C=O) groups excluding carboxylic acids is 2. The van der Waals surface area contributed by atoms with Gasteiger partial charge < -0.3 is 19.5 Å². The number of benzene rings is 2. The number of esters is 1. The lowest BCUT2D eigenvalue weighted by Gasteiger charge is -2.13. The first kappa shape index (κ1) is 23.6. The van der Waals surface area contributed by atoms with Gasteiger partial charge in [0.2, 0.25) is 0 Å². The Morgan fingerprint density at radius 1 is 1.03 bits per heavy atom. The van der Waals surface area contributed by atoms with E-state index in [1.807, 2.05) is 0 Å². The summed E-state index contributed by atoms with van der Waals surface area (Å²) in [5.41, 5.74) is -1.26. The molecule has 0 bridgehead atoms. The number of ether oxygens (including phenoxy) is 3. The van der Waals surface area contributed by atoms with Crippen molar-refractivity contribution in [3.63, 3.8) is 0 Å². The average molecular weight is 463 g/mol. The summed E-state index contributed by atoms with van der Waals surface area (Å²) in [6.45, 7) is 1.42. The van der Waals surface area contributed by atoms with Gasteiger partial charge in [-0.3, -0.25) is 4.79 Å². The second-order valence-corrected chi connectivity index (χ2v) is 6.61. The summed E-state index contributed by atoms with van der Waals surface area (Å²) in [6.07, 6.45) is -4.04. The van der Waals surface area contributed by atoms with Crippen LogP contribution in [0.1, 0.15) is 33.3 Å². The monoisotopic (exact) mass is 463 g/mol. The van der Waals surface area contributed by atoms with Crippen molar-refractivity contribution < 1.29 is 37.0 Å². The summed E-state index contributed by atoms with van der Waals surface area (Å²) >= 11 is 0. The summed E-state index contributed by atoms with van der Waals surface area (Å²) in [6, 6.07) is 10.1. The van der Waals surface area contributed by atoms with Crippen LogP contribution in [0, 0.1) is 0 Å². The highest BCUT2D eigenvalue weighted by Crippen LogP contribution is 2.34. The molecular weight excluding hydrogens is 443 g/mol. The molecule has 0 unspecified atom stereocenters. The molecule has 3 rings (SSSR count). The van der Waals surface area contributed by atoms with Gasteiger partial charge in [-0.05, 0) is 49.4 Å². The third-order valence-electron chi connectivity index (χ3n) is 4.55. The van der Waals surface area contributed by atoms with E-state index in [0.29, 0.717) is 27.4 Å². The van der Waals surface area contributed by atoms with Crippen molar-refractivity contribution in [1.29, 1.82) is 0 Å². The Morgan fingerprint density at radius 3 is 2.27 bits per heavy atom. The highest BCUT2D eigenvalue weighted by molar-refractivity contribution is 6.04. The Bertz CT molecular complexity index is 1160. The maximum atomic E-state index is 13.6. The van der Waals surface area contributed by atoms with Gasteiger partial charge in [-0.15, -0.1) is 0 Å². The first-order chi connectivity index (χ1) is 15.7. The van der Waals surface area contributed by atoms with E-state index in [4.69, 9.17) is 14.2 Å². The predicted molar refractivity (Wildman–Crippen MR) is 112 cm³/mol. The van der Waals surface area contributed by atoms with Crippen LogP contribution < -0.4 is 14.8 Å². The molecule has 1 heterocycles. The SMILES string of the molecule is CCOC(=O)c1cnn(-c2ccc(NC(=O)c3ccc(OC)c(OC)c3)cc2)c1C(F)(F)F. The maximum Gasteiger partial charge on any atom is 0.434 e. The van der Waals surface area contributed by atoms with Crippen LogP contribution in [-0.4, -0.2) is 42.5 Å². The fourth-order valence-corrected chi connectivity index (χ4v) is 3.04. The average Bonchev–Trinajstić information content (AvgIpc) is 3.25. The zero-order valence-electron chi connectivity index (χ0n) is 17.9. The Balaban J connectivity index is 1.85. The predicted octanol–water partition coefficient (Wildman–Crippen LogP) is 4.34. The van der Waals surface area contributed by atoms with Crippen LogP contribution in [0.5, 0.6) is 11.5 Å². The zero-order valence-corrected chi connectivity index (χ0v) is 17.9. The molecule has 0 saturated heterocycles. The molecule has 3 aromatic rings. The van der Waals surface area contributed by atoms with Gasteiger partial charge >= 0.3 is 12.1 Å². The molecule has 1 amide bonds. The number of carbonyl (C=O) groups is 2. The van der Waals surface area contributed by atoms with E-state index >= 15 is 0 Å². The molecule has 33 heavy (non-hydrogen) atoms. The number of alkyl halides is 3. The van der Waals surface area contributed by atoms with Crippen LogP contribution in [0.25, 0.3) is 5.69 Å². The molecule has 0 spiro atoms. The summed E-state index contributed by atoms with van der Waals surface area (Å²) in [5, 5.41) is 6.36. The van der Waals surface area contributed by atoms with Gasteiger partial charge in [0.15, 0.2) is 17.2 Å². The molecular formula is C22H20F3N3O5. The van der Waals surface area contributed by atoms with Crippen molar-refractivity contribution in [2.24, 2.45) is 0 Å². The second kappa shape index (κ2) is 9.63. The van der Waals surface area contributed by atoms with Gasteiger partial charge in [-0.25, -0.2) is 9.48 Å². The standard InChI is InChI=1S/C22H20F3N3O5/c1-4-33-21(30)16-12-26-28(19(16)22(23,24)25)15-8-6-14(7-9-15)27-20(29)13-5-10-17(31-2)18(11-13)32-3/h5-12H,4H2,1-3H3,(H,27,29). The molecule has 174 valence electrons. The number of nitrogens with zero attached hydrogens (tertiary/aromatic N) is 2. The van der Waals surface area contributed by atoms with E-state index in [0.717, 1.165) is 6.20 Å². The molecule has 8 nitrogen and oxygen atoms in total. The Labute approximate surface area is 186 Å². The number of nitrogens with one attached hydrogen (secondary N) is 1. The van der Waals surface area contributed by atoms with Crippen molar-refractivity contribution >= 4 is 17.6 Å². The maximum absolute atomic E-state index is 13.6. The molecule has 0 fully saturated rings. The van der Waals surface area contributed by atoms with Crippen molar-refractivity contribution in [3.05, 3.63) is 65.5 Å². The Kier molecular flexibility index (Phi) is 6.90. The van der Waals surface area contributed by atoms with E-state index in [-0.39, 0.29) is 12.3 Å². The van der Waals surface area contributed by atoms with Gasteiger partial charge in [0.1, 0.15) is 5.56 Å². The second-order valence-electron chi connectivity index (χ2n) is 6.61. The quantitative estimate of drug-likeness (QED) is 0.525. The molecule has 2 aromatic carbocycles. The van der Waals surface area contributed by atoms with Crippen LogP contribution in [-0.2, 0) is 10.9 Å². The molecule has 0 radical (unpaired) electrons. The van der Waals surface area contributed by atoms with Crippen molar-refractivity contribution in [2.75, 3.05) is 26.1 Å². The summed E-state index contributed by atoms with van der Waals surface area (Å²) < 4.78 is 56.5. The molecule has 11 heteroatoms. The van der Waals surface area contributed by atoms with E-state index in [2.05, 4.69) is 10.4 Å². The summed E-state index contributed by atoms with van der Waals surface area (Å²) in [5.74, 6) is -0.741. The van der Waals surface area contributed by atoms with E-state index < -0.39 is 29.3 Å². The Hall–Kier alpha value is -4.02. The fraction of sp³-hybridized carbons (Fsp3) is 0.227. The summed E-state index contributed by atoms with van der Waals surface area (Å²) in [4.78, 5) is 24.5.